The Morgan fingerprint density at radius 3 is 2.48 bits per heavy atom. The van der Waals surface area contributed by atoms with Gasteiger partial charge in [-0.1, -0.05) is 42.5 Å². The van der Waals surface area contributed by atoms with Gasteiger partial charge in [-0.05, 0) is 51.6 Å². The number of nitrogens with zero attached hydrogens (tertiary/aromatic N) is 4. The molecule has 170 valence electrons. The molecule has 0 unspecified atom stereocenters. The fourth-order valence-corrected chi connectivity index (χ4v) is 3.32. The molecule has 0 aliphatic rings. The first-order valence-electron chi connectivity index (χ1n) is 10.7. The van der Waals surface area contributed by atoms with E-state index in [1.165, 1.54) is 0 Å². The van der Waals surface area contributed by atoms with Gasteiger partial charge in [0.05, 0.1) is 16.5 Å². The first-order valence-corrected chi connectivity index (χ1v) is 10.7. The Balaban J connectivity index is 2.21. The zero-order valence-corrected chi connectivity index (χ0v) is 19.7. The molecule has 0 amide bonds. The second kappa shape index (κ2) is 10.2. The molecule has 33 heavy (non-hydrogen) atoms. The Morgan fingerprint density at radius 1 is 1.12 bits per heavy atom. The van der Waals surface area contributed by atoms with Gasteiger partial charge in [-0.3, -0.25) is 9.98 Å². The number of fused-ring (bicyclic) bond motifs is 1. The van der Waals surface area contributed by atoms with Gasteiger partial charge in [0, 0.05) is 19.5 Å². The molecule has 0 bridgehead atoms. The van der Waals surface area contributed by atoms with E-state index in [1.807, 2.05) is 69.3 Å². The number of anilines is 1. The number of nitrogens with one attached hydrogen (secondary N) is 1. The van der Waals surface area contributed by atoms with Crippen molar-refractivity contribution in [1.29, 1.82) is 0 Å². The van der Waals surface area contributed by atoms with Crippen LogP contribution in [-0.2, 0) is 9.53 Å². The maximum Gasteiger partial charge on any atom is 0.328 e. The Morgan fingerprint density at radius 2 is 1.85 bits per heavy atom. The maximum absolute atomic E-state index is 12.7. The summed E-state index contributed by atoms with van der Waals surface area (Å²) in [6, 6.07) is 15.2. The van der Waals surface area contributed by atoms with Crippen LogP contribution in [0.3, 0.4) is 0 Å². The molecule has 3 rings (SSSR count). The third-order valence-corrected chi connectivity index (χ3v) is 4.68. The summed E-state index contributed by atoms with van der Waals surface area (Å²) < 4.78 is 5.55. The van der Waals surface area contributed by atoms with E-state index in [2.05, 4.69) is 22.0 Å². The van der Waals surface area contributed by atoms with Crippen LogP contribution >= 0.6 is 0 Å². The van der Waals surface area contributed by atoms with E-state index in [4.69, 9.17) is 14.7 Å². The monoisotopic (exact) mass is 443 g/mol. The highest BCUT2D eigenvalue weighted by atomic mass is 16.6. The molecule has 1 atom stereocenters. The molecule has 7 nitrogen and oxygen atoms in total. The Hall–Kier alpha value is -3.87. The van der Waals surface area contributed by atoms with Crippen LogP contribution in [0.4, 0.5) is 5.82 Å². The highest BCUT2D eigenvalue weighted by Gasteiger charge is 2.24. The van der Waals surface area contributed by atoms with Crippen molar-refractivity contribution in [3.63, 3.8) is 0 Å². The SMILES string of the molecule is C=N/C=C(\C=N/C)c1nc(N[C@H](C)C(=O)OC(C)(C)C)c2c(-c3ccccc3)cccc2n1. The molecule has 1 aromatic heterocycles. The molecule has 1 heterocycles. The quantitative estimate of drug-likeness (QED) is 0.401. The van der Waals surface area contributed by atoms with Gasteiger partial charge < -0.3 is 10.1 Å². The highest BCUT2D eigenvalue weighted by Crippen LogP contribution is 2.33. The summed E-state index contributed by atoms with van der Waals surface area (Å²) in [5.41, 5.74) is 2.71. The summed E-state index contributed by atoms with van der Waals surface area (Å²) in [6.45, 7) is 10.8. The van der Waals surface area contributed by atoms with Crippen molar-refractivity contribution in [1.82, 2.24) is 9.97 Å². The van der Waals surface area contributed by atoms with E-state index >= 15 is 0 Å². The Kier molecular flexibility index (Phi) is 7.33. The van der Waals surface area contributed by atoms with Crippen molar-refractivity contribution in [2.24, 2.45) is 9.98 Å². The lowest BCUT2D eigenvalue weighted by Gasteiger charge is -2.23. The number of aliphatic imine (C=N–C) groups is 2. The predicted octanol–water partition coefficient (Wildman–Crippen LogP) is 5.18. The number of hydrogen-bond donors (Lipinski definition) is 1. The molecule has 0 aliphatic heterocycles. The predicted molar refractivity (Wildman–Crippen MR) is 136 cm³/mol. The molecule has 0 saturated heterocycles. The maximum atomic E-state index is 12.7. The van der Waals surface area contributed by atoms with Crippen LogP contribution in [0.5, 0.6) is 0 Å². The number of benzene rings is 2. The van der Waals surface area contributed by atoms with Crippen LogP contribution in [0, 0.1) is 0 Å². The van der Waals surface area contributed by atoms with Crippen molar-refractivity contribution >= 4 is 41.2 Å². The first kappa shape index (κ1) is 23.8. The minimum absolute atomic E-state index is 0.369. The van der Waals surface area contributed by atoms with E-state index in [0.717, 1.165) is 22.0 Å². The van der Waals surface area contributed by atoms with Crippen LogP contribution in [0.15, 0.2) is 64.7 Å². The van der Waals surface area contributed by atoms with Crippen molar-refractivity contribution in [2.75, 3.05) is 12.4 Å². The smallest absolute Gasteiger partial charge is 0.328 e. The van der Waals surface area contributed by atoms with Gasteiger partial charge in [0.25, 0.3) is 0 Å². The van der Waals surface area contributed by atoms with Crippen LogP contribution in [0.1, 0.15) is 33.5 Å². The van der Waals surface area contributed by atoms with Crippen LogP contribution in [0.2, 0.25) is 0 Å². The molecule has 2 aromatic carbocycles. The number of carbonyl (C=O) groups is 1. The Bertz CT molecular complexity index is 1210. The summed E-state index contributed by atoms with van der Waals surface area (Å²) in [5.74, 6) is 0.573. The van der Waals surface area contributed by atoms with Crippen LogP contribution < -0.4 is 5.32 Å². The largest absolute Gasteiger partial charge is 0.458 e. The van der Waals surface area contributed by atoms with E-state index in [1.54, 1.807) is 26.4 Å². The van der Waals surface area contributed by atoms with Gasteiger partial charge in [0.1, 0.15) is 17.5 Å². The fraction of sp³-hybridized carbons (Fsp3) is 0.269. The summed E-state index contributed by atoms with van der Waals surface area (Å²) in [5, 5.41) is 4.06. The molecule has 1 N–H and O–H groups in total. The summed E-state index contributed by atoms with van der Waals surface area (Å²) >= 11 is 0. The number of carbonyl (C=O) groups excluding carboxylic acids is 1. The molecule has 0 radical (unpaired) electrons. The van der Waals surface area contributed by atoms with E-state index in [0.29, 0.717) is 17.2 Å². The molecular formula is C26H29N5O2. The number of esters is 1. The lowest BCUT2D eigenvalue weighted by atomic mass is 10.0. The molecular weight excluding hydrogens is 414 g/mol. The number of allylic oxidation sites excluding steroid dienone is 1. The van der Waals surface area contributed by atoms with Gasteiger partial charge in [0.15, 0.2) is 5.82 Å². The Labute approximate surface area is 194 Å². The second-order valence-corrected chi connectivity index (χ2v) is 8.52. The third kappa shape index (κ3) is 5.88. The average molecular weight is 444 g/mol. The van der Waals surface area contributed by atoms with Gasteiger partial charge in [-0.2, -0.15) is 0 Å². The number of aromatic nitrogens is 2. The van der Waals surface area contributed by atoms with Crippen LogP contribution in [-0.4, -0.2) is 47.6 Å². The lowest BCUT2D eigenvalue weighted by molar-refractivity contribution is -0.155. The molecule has 3 aromatic rings. The molecule has 0 saturated carbocycles. The van der Waals surface area contributed by atoms with Crippen LogP contribution in [0.25, 0.3) is 27.6 Å². The second-order valence-electron chi connectivity index (χ2n) is 8.52. The summed E-state index contributed by atoms with van der Waals surface area (Å²) in [7, 11) is 1.66. The zero-order valence-electron chi connectivity index (χ0n) is 19.7. The van der Waals surface area contributed by atoms with Gasteiger partial charge in [-0.15, -0.1) is 0 Å². The standard InChI is InChI=1S/C26H29N5O2/c1-17(25(32)33-26(2,3)4)29-24-22-20(18-11-8-7-9-12-18)13-10-14-21(22)30-23(31-24)19(15-27-5)16-28-6/h7-17H,5H2,1-4,6H3,(H,29,30,31)/b19-15+,28-16-/t17-/m1/s1. The topological polar surface area (TPSA) is 88.8 Å². The van der Waals surface area contributed by atoms with Gasteiger partial charge >= 0.3 is 5.97 Å². The van der Waals surface area contributed by atoms with Crippen molar-refractivity contribution in [3.05, 3.63) is 60.6 Å². The average Bonchev–Trinajstić information content (AvgIpc) is 2.77. The molecule has 0 aliphatic carbocycles. The van der Waals surface area contributed by atoms with Crippen molar-refractivity contribution in [3.8, 4) is 11.1 Å². The van der Waals surface area contributed by atoms with Crippen molar-refractivity contribution < 1.29 is 9.53 Å². The lowest BCUT2D eigenvalue weighted by Crippen LogP contribution is -2.34. The molecule has 0 spiro atoms. The van der Waals surface area contributed by atoms with E-state index in [9.17, 15) is 4.79 Å². The summed E-state index contributed by atoms with van der Waals surface area (Å²) in [6.07, 6.45) is 3.17. The minimum atomic E-state index is -0.635. The number of hydrogen-bond acceptors (Lipinski definition) is 7. The summed E-state index contributed by atoms with van der Waals surface area (Å²) in [4.78, 5) is 30.2. The van der Waals surface area contributed by atoms with E-state index in [-0.39, 0.29) is 5.97 Å². The van der Waals surface area contributed by atoms with Gasteiger partial charge in [0.2, 0.25) is 0 Å². The van der Waals surface area contributed by atoms with Crippen molar-refractivity contribution in [2.45, 2.75) is 39.3 Å². The highest BCUT2D eigenvalue weighted by molar-refractivity contribution is 6.10. The first-order chi connectivity index (χ1) is 15.7. The normalized spacial score (nSPS) is 13.2. The minimum Gasteiger partial charge on any atom is -0.458 e. The zero-order chi connectivity index (χ0) is 24.0. The molecule has 7 heteroatoms. The number of ether oxygens (including phenoxy) is 1. The fourth-order valence-electron chi connectivity index (χ4n) is 3.32. The third-order valence-electron chi connectivity index (χ3n) is 4.68. The van der Waals surface area contributed by atoms with E-state index < -0.39 is 11.6 Å². The molecule has 0 fully saturated rings. The number of rotatable bonds is 7. The van der Waals surface area contributed by atoms with Gasteiger partial charge in [-0.25, -0.2) is 14.8 Å².